The van der Waals surface area contributed by atoms with E-state index in [-0.39, 0.29) is 5.56 Å². The summed E-state index contributed by atoms with van der Waals surface area (Å²) >= 11 is 0. The van der Waals surface area contributed by atoms with Crippen molar-refractivity contribution in [1.82, 2.24) is 15.1 Å². The van der Waals surface area contributed by atoms with E-state index in [1.54, 1.807) is 19.4 Å². The first-order valence-electron chi connectivity index (χ1n) is 8.04. The van der Waals surface area contributed by atoms with Gasteiger partial charge in [-0.15, -0.1) is 0 Å². The van der Waals surface area contributed by atoms with Crippen LogP contribution in [0.3, 0.4) is 0 Å². The van der Waals surface area contributed by atoms with Gasteiger partial charge in [0.05, 0.1) is 19.0 Å². The molecule has 1 aliphatic heterocycles. The molecular formula is C17H22N4O3. The Morgan fingerprint density at radius 1 is 1.17 bits per heavy atom. The molecule has 0 bridgehead atoms. The molecule has 128 valence electrons. The summed E-state index contributed by atoms with van der Waals surface area (Å²) in [6.07, 6.45) is 1.70. The number of aromatic nitrogens is 2. The Balaban J connectivity index is 1.45. The highest BCUT2D eigenvalue weighted by molar-refractivity contribution is 5.43. The number of nitrogens with zero attached hydrogens (tertiary/aromatic N) is 3. The molecule has 1 aromatic carbocycles. The van der Waals surface area contributed by atoms with Crippen molar-refractivity contribution >= 4 is 5.69 Å². The Kier molecular flexibility index (Phi) is 5.32. The fourth-order valence-corrected chi connectivity index (χ4v) is 2.79. The molecule has 1 aromatic heterocycles. The maximum atomic E-state index is 11.3. The SMILES string of the molecule is COc1ccccc1OCCN1CCN(c2cn[nH]c(=O)c2)CC1. The quantitative estimate of drug-likeness (QED) is 0.851. The number of anilines is 1. The number of benzene rings is 1. The van der Waals surface area contributed by atoms with Crippen LogP contribution in [-0.2, 0) is 0 Å². The summed E-state index contributed by atoms with van der Waals surface area (Å²) < 4.78 is 11.1. The molecule has 7 heteroatoms. The molecule has 0 saturated carbocycles. The minimum Gasteiger partial charge on any atom is -0.493 e. The third-order valence-electron chi connectivity index (χ3n) is 4.12. The molecule has 2 heterocycles. The van der Waals surface area contributed by atoms with Crippen LogP contribution in [-0.4, -0.2) is 61.5 Å². The van der Waals surface area contributed by atoms with Gasteiger partial charge in [0, 0.05) is 38.8 Å². The number of aromatic amines is 1. The third kappa shape index (κ3) is 4.05. The minimum atomic E-state index is -0.167. The molecule has 7 nitrogen and oxygen atoms in total. The van der Waals surface area contributed by atoms with E-state index in [0.29, 0.717) is 6.61 Å². The average Bonchev–Trinajstić information content (AvgIpc) is 2.63. The van der Waals surface area contributed by atoms with Crippen LogP contribution in [0.15, 0.2) is 41.3 Å². The maximum absolute atomic E-state index is 11.3. The summed E-state index contributed by atoms with van der Waals surface area (Å²) in [5, 5.41) is 6.26. The number of methoxy groups -OCH3 is 1. The zero-order valence-corrected chi connectivity index (χ0v) is 13.8. The van der Waals surface area contributed by atoms with E-state index >= 15 is 0 Å². The Morgan fingerprint density at radius 3 is 2.62 bits per heavy atom. The second-order valence-electron chi connectivity index (χ2n) is 5.63. The summed E-state index contributed by atoms with van der Waals surface area (Å²) in [4.78, 5) is 15.9. The Labute approximate surface area is 140 Å². The van der Waals surface area contributed by atoms with Crippen LogP contribution >= 0.6 is 0 Å². The van der Waals surface area contributed by atoms with Crippen molar-refractivity contribution in [3.63, 3.8) is 0 Å². The first-order chi connectivity index (χ1) is 11.8. The maximum Gasteiger partial charge on any atom is 0.266 e. The fourth-order valence-electron chi connectivity index (χ4n) is 2.79. The molecule has 0 spiro atoms. The number of nitrogens with one attached hydrogen (secondary N) is 1. The van der Waals surface area contributed by atoms with E-state index in [2.05, 4.69) is 20.0 Å². The van der Waals surface area contributed by atoms with Gasteiger partial charge in [0.1, 0.15) is 6.61 Å². The molecule has 24 heavy (non-hydrogen) atoms. The smallest absolute Gasteiger partial charge is 0.266 e. The van der Waals surface area contributed by atoms with E-state index in [0.717, 1.165) is 49.9 Å². The number of rotatable bonds is 6. The van der Waals surface area contributed by atoms with Gasteiger partial charge in [-0.3, -0.25) is 9.69 Å². The molecule has 1 saturated heterocycles. The summed E-state index contributed by atoms with van der Waals surface area (Å²) in [5.74, 6) is 1.53. The van der Waals surface area contributed by atoms with E-state index in [1.165, 1.54) is 0 Å². The normalized spacial score (nSPS) is 15.3. The van der Waals surface area contributed by atoms with Gasteiger partial charge in [0.25, 0.3) is 5.56 Å². The number of ether oxygens (including phenoxy) is 2. The van der Waals surface area contributed by atoms with Crippen molar-refractivity contribution in [3.8, 4) is 11.5 Å². The Hall–Kier alpha value is -2.54. The van der Waals surface area contributed by atoms with Crippen molar-refractivity contribution in [2.24, 2.45) is 0 Å². The lowest BCUT2D eigenvalue weighted by molar-refractivity contribution is 0.197. The molecule has 0 aliphatic carbocycles. The molecule has 0 atom stereocenters. The van der Waals surface area contributed by atoms with E-state index in [9.17, 15) is 4.79 Å². The molecule has 0 amide bonds. The number of hydrogen-bond acceptors (Lipinski definition) is 6. The van der Waals surface area contributed by atoms with Gasteiger partial charge in [-0.2, -0.15) is 5.10 Å². The van der Waals surface area contributed by atoms with Crippen LogP contribution in [0.1, 0.15) is 0 Å². The number of para-hydroxylation sites is 2. The van der Waals surface area contributed by atoms with Crippen molar-refractivity contribution in [2.45, 2.75) is 0 Å². The molecular weight excluding hydrogens is 308 g/mol. The van der Waals surface area contributed by atoms with Crippen LogP contribution in [0.4, 0.5) is 5.69 Å². The molecule has 3 rings (SSSR count). The highest BCUT2D eigenvalue weighted by Crippen LogP contribution is 2.25. The minimum absolute atomic E-state index is 0.167. The fraction of sp³-hybridized carbons (Fsp3) is 0.412. The summed E-state index contributed by atoms with van der Waals surface area (Å²) in [5.41, 5.74) is 0.712. The Morgan fingerprint density at radius 2 is 1.92 bits per heavy atom. The number of H-pyrrole nitrogens is 1. The standard InChI is InChI=1S/C17H22N4O3/c1-23-15-4-2-3-5-16(15)24-11-10-20-6-8-21(9-7-20)14-12-17(22)19-18-13-14/h2-5,12-13H,6-11H2,1H3,(H,19,22). The monoisotopic (exact) mass is 330 g/mol. The lowest BCUT2D eigenvalue weighted by Gasteiger charge is -2.35. The third-order valence-corrected chi connectivity index (χ3v) is 4.12. The largest absolute Gasteiger partial charge is 0.493 e. The van der Waals surface area contributed by atoms with E-state index in [4.69, 9.17) is 9.47 Å². The van der Waals surface area contributed by atoms with Crippen molar-refractivity contribution in [3.05, 3.63) is 46.9 Å². The van der Waals surface area contributed by atoms with Gasteiger partial charge < -0.3 is 14.4 Å². The second kappa shape index (κ2) is 7.83. The van der Waals surface area contributed by atoms with Crippen LogP contribution in [0, 0.1) is 0 Å². The van der Waals surface area contributed by atoms with Crippen molar-refractivity contribution in [1.29, 1.82) is 0 Å². The molecule has 0 radical (unpaired) electrons. The van der Waals surface area contributed by atoms with E-state index in [1.807, 2.05) is 24.3 Å². The summed E-state index contributed by atoms with van der Waals surface area (Å²) in [7, 11) is 1.64. The van der Waals surface area contributed by atoms with Crippen molar-refractivity contribution in [2.75, 3.05) is 51.3 Å². The molecule has 1 aliphatic rings. The highest BCUT2D eigenvalue weighted by atomic mass is 16.5. The highest BCUT2D eigenvalue weighted by Gasteiger charge is 2.17. The van der Waals surface area contributed by atoms with Gasteiger partial charge in [-0.05, 0) is 12.1 Å². The van der Waals surface area contributed by atoms with Gasteiger partial charge in [0.15, 0.2) is 11.5 Å². The van der Waals surface area contributed by atoms with Gasteiger partial charge >= 0.3 is 0 Å². The average molecular weight is 330 g/mol. The predicted octanol–water partition coefficient (Wildman–Crippen LogP) is 0.979. The van der Waals surface area contributed by atoms with E-state index < -0.39 is 0 Å². The van der Waals surface area contributed by atoms with Crippen LogP contribution in [0.2, 0.25) is 0 Å². The predicted molar refractivity (Wildman–Crippen MR) is 92.0 cm³/mol. The molecule has 1 fully saturated rings. The van der Waals surface area contributed by atoms with Crippen LogP contribution < -0.4 is 19.9 Å². The zero-order chi connectivity index (χ0) is 16.8. The molecule has 0 unspecified atom stereocenters. The zero-order valence-electron chi connectivity index (χ0n) is 13.8. The first kappa shape index (κ1) is 16.3. The molecule has 2 aromatic rings. The second-order valence-corrected chi connectivity index (χ2v) is 5.63. The van der Waals surface area contributed by atoms with Gasteiger partial charge in [0.2, 0.25) is 0 Å². The van der Waals surface area contributed by atoms with Crippen LogP contribution in [0.25, 0.3) is 0 Å². The topological polar surface area (TPSA) is 70.7 Å². The summed E-state index contributed by atoms with van der Waals surface area (Å²) in [6, 6.07) is 9.26. The van der Waals surface area contributed by atoms with Gasteiger partial charge in [-0.25, -0.2) is 5.10 Å². The van der Waals surface area contributed by atoms with Gasteiger partial charge in [-0.1, -0.05) is 12.1 Å². The first-order valence-corrected chi connectivity index (χ1v) is 8.04. The number of piperazine rings is 1. The summed E-state index contributed by atoms with van der Waals surface area (Å²) in [6.45, 7) is 5.09. The molecule has 1 N–H and O–H groups in total. The van der Waals surface area contributed by atoms with Crippen LogP contribution in [0.5, 0.6) is 11.5 Å². The Bertz CT molecular complexity index is 711. The lowest BCUT2D eigenvalue weighted by atomic mass is 10.3. The lowest BCUT2D eigenvalue weighted by Crippen LogP contribution is -2.47. The number of hydrogen-bond donors (Lipinski definition) is 1. The van der Waals surface area contributed by atoms with Crippen molar-refractivity contribution < 1.29 is 9.47 Å².